The second-order valence-corrected chi connectivity index (χ2v) is 3.72. The number of hydrogen-bond acceptors (Lipinski definition) is 7. The lowest BCUT2D eigenvalue weighted by Gasteiger charge is -1.98. The highest BCUT2D eigenvalue weighted by atomic mass is 32.1. The Morgan fingerprint density at radius 3 is 2.81 bits per heavy atom. The molecule has 0 spiro atoms. The average molecular weight is 238 g/mol. The highest BCUT2D eigenvalue weighted by Gasteiger charge is 2.12. The van der Waals surface area contributed by atoms with Crippen LogP contribution in [0.15, 0.2) is 16.9 Å². The molecule has 0 aromatic carbocycles. The number of nitrogens with one attached hydrogen (secondary N) is 2. The van der Waals surface area contributed by atoms with Gasteiger partial charge in [-0.2, -0.15) is 5.10 Å². The number of H-pyrrole nitrogens is 1. The largest absolute Gasteiger partial charge is 0.374 e. The zero-order chi connectivity index (χ0) is 11.5. The molecule has 0 atom stereocenters. The summed E-state index contributed by atoms with van der Waals surface area (Å²) >= 11 is 0.962. The van der Waals surface area contributed by atoms with Crippen LogP contribution in [0.2, 0.25) is 0 Å². The van der Waals surface area contributed by atoms with Crippen LogP contribution in [0.4, 0.5) is 10.9 Å². The van der Waals surface area contributed by atoms with Crippen molar-refractivity contribution in [1.82, 2.24) is 20.4 Å². The van der Waals surface area contributed by atoms with Crippen molar-refractivity contribution in [3.63, 3.8) is 0 Å². The molecule has 4 N–H and O–H groups in total. The van der Waals surface area contributed by atoms with Gasteiger partial charge in [0.05, 0.1) is 0 Å². The van der Waals surface area contributed by atoms with Crippen LogP contribution < -0.4 is 16.6 Å². The summed E-state index contributed by atoms with van der Waals surface area (Å²) in [6, 6.07) is 2.62. The predicted molar refractivity (Wildman–Crippen MR) is 57.1 cm³/mol. The van der Waals surface area contributed by atoms with E-state index in [1.165, 1.54) is 12.1 Å². The van der Waals surface area contributed by atoms with Gasteiger partial charge >= 0.3 is 0 Å². The number of carbonyl (C=O) groups excluding carboxylic acids is 1. The Bertz CT molecular complexity index is 556. The molecule has 2 aromatic heterocycles. The number of amides is 1. The first-order chi connectivity index (χ1) is 7.65. The minimum absolute atomic E-state index is 0.130. The van der Waals surface area contributed by atoms with Crippen LogP contribution >= 0.6 is 11.3 Å². The highest BCUT2D eigenvalue weighted by molar-refractivity contribution is 7.16. The van der Waals surface area contributed by atoms with Gasteiger partial charge in [-0.25, -0.2) is 5.10 Å². The number of nitrogens with zero attached hydrogens (tertiary/aromatic N) is 3. The molecule has 82 valence electrons. The predicted octanol–water partition coefficient (Wildman–Crippen LogP) is -0.544. The van der Waals surface area contributed by atoms with Crippen molar-refractivity contribution in [3.8, 4) is 0 Å². The molecule has 0 aliphatic heterocycles. The normalized spacial score (nSPS) is 10.0. The number of aromatic nitrogens is 4. The summed E-state index contributed by atoms with van der Waals surface area (Å²) in [5, 5.41) is 15.6. The van der Waals surface area contributed by atoms with Crippen molar-refractivity contribution in [2.45, 2.75) is 0 Å². The van der Waals surface area contributed by atoms with E-state index in [9.17, 15) is 9.59 Å². The van der Waals surface area contributed by atoms with Crippen molar-refractivity contribution in [2.75, 3.05) is 11.1 Å². The molecule has 2 aromatic rings. The van der Waals surface area contributed by atoms with Crippen LogP contribution in [0.5, 0.6) is 0 Å². The number of carbonyl (C=O) groups is 1. The highest BCUT2D eigenvalue weighted by Crippen LogP contribution is 2.12. The molecule has 0 aliphatic carbocycles. The number of aromatic amines is 1. The topological polar surface area (TPSA) is 127 Å². The molecule has 0 unspecified atom stereocenters. The van der Waals surface area contributed by atoms with E-state index in [2.05, 4.69) is 25.7 Å². The third-order valence-electron chi connectivity index (χ3n) is 1.56. The van der Waals surface area contributed by atoms with Crippen LogP contribution in [-0.4, -0.2) is 26.3 Å². The summed E-state index contributed by atoms with van der Waals surface area (Å²) in [4.78, 5) is 22.2. The quantitative estimate of drug-likeness (QED) is 0.644. The lowest BCUT2D eigenvalue weighted by Crippen LogP contribution is -2.15. The van der Waals surface area contributed by atoms with Crippen LogP contribution in [0.1, 0.15) is 9.80 Å². The molecule has 0 aliphatic rings. The molecule has 0 radical (unpaired) electrons. The summed E-state index contributed by atoms with van der Waals surface area (Å²) in [5.41, 5.74) is 4.98. The molecule has 2 rings (SSSR count). The lowest BCUT2D eigenvalue weighted by molar-refractivity contribution is 0.102. The van der Waals surface area contributed by atoms with Crippen LogP contribution in [0, 0.1) is 0 Å². The second-order valence-electron chi connectivity index (χ2n) is 2.71. The third-order valence-corrected chi connectivity index (χ3v) is 2.31. The molecule has 1 amide bonds. The third kappa shape index (κ3) is 2.20. The van der Waals surface area contributed by atoms with Gasteiger partial charge in [-0.1, -0.05) is 11.3 Å². The van der Waals surface area contributed by atoms with E-state index in [0.29, 0.717) is 0 Å². The Labute approximate surface area is 92.5 Å². The van der Waals surface area contributed by atoms with E-state index >= 15 is 0 Å². The zero-order valence-corrected chi connectivity index (χ0v) is 8.61. The van der Waals surface area contributed by atoms with Gasteiger partial charge < -0.3 is 11.1 Å². The van der Waals surface area contributed by atoms with E-state index in [4.69, 9.17) is 5.73 Å². The smallest absolute Gasteiger partial charge is 0.287 e. The van der Waals surface area contributed by atoms with Crippen LogP contribution in [-0.2, 0) is 0 Å². The molecule has 0 bridgehead atoms. The second kappa shape index (κ2) is 4.06. The monoisotopic (exact) mass is 238 g/mol. The van der Waals surface area contributed by atoms with Gasteiger partial charge in [-0.05, 0) is 6.07 Å². The van der Waals surface area contributed by atoms with Crippen molar-refractivity contribution < 1.29 is 4.79 Å². The molecule has 0 saturated heterocycles. The summed E-state index contributed by atoms with van der Waals surface area (Å²) in [5.74, 6) is -0.257. The Morgan fingerprint density at radius 1 is 1.44 bits per heavy atom. The van der Waals surface area contributed by atoms with E-state index in [1.807, 2.05) is 0 Å². The summed E-state index contributed by atoms with van der Waals surface area (Å²) < 4.78 is 0. The Balaban J connectivity index is 2.13. The average Bonchev–Trinajstić information content (AvgIpc) is 2.68. The van der Waals surface area contributed by atoms with Crippen molar-refractivity contribution in [3.05, 3.63) is 27.5 Å². The number of anilines is 2. The number of rotatable bonds is 2. The zero-order valence-electron chi connectivity index (χ0n) is 7.80. The lowest BCUT2D eigenvalue weighted by atomic mass is 10.5. The van der Waals surface area contributed by atoms with Crippen molar-refractivity contribution >= 4 is 28.2 Å². The fourth-order valence-corrected chi connectivity index (χ4v) is 1.42. The number of nitrogens with two attached hydrogens (primary N) is 1. The maximum Gasteiger partial charge on any atom is 0.287 e. The summed E-state index contributed by atoms with van der Waals surface area (Å²) in [7, 11) is 0. The standard InChI is InChI=1S/C7H6N6O2S/c8-7-13-12-6(16-7)5(15)9-3-1-2-4(14)11-10-3/h1-2H,(H2,8,13)(H,11,14)(H,9,10,15). The summed E-state index contributed by atoms with van der Waals surface area (Å²) in [6.07, 6.45) is 0. The maximum atomic E-state index is 11.5. The molecule has 0 saturated carbocycles. The minimum atomic E-state index is -0.478. The molecular formula is C7H6N6O2S. The van der Waals surface area contributed by atoms with Gasteiger partial charge in [-0.15, -0.1) is 10.2 Å². The van der Waals surface area contributed by atoms with Gasteiger partial charge in [0.2, 0.25) is 10.1 Å². The molecule has 9 heteroatoms. The fourth-order valence-electron chi connectivity index (χ4n) is 0.910. The molecule has 0 fully saturated rings. The van der Waals surface area contributed by atoms with Gasteiger partial charge in [-0.3, -0.25) is 9.59 Å². The van der Waals surface area contributed by atoms with E-state index in [1.54, 1.807) is 0 Å². The van der Waals surface area contributed by atoms with Crippen molar-refractivity contribution in [2.24, 2.45) is 0 Å². The van der Waals surface area contributed by atoms with E-state index < -0.39 is 5.91 Å². The Hall–Kier alpha value is -2.29. The van der Waals surface area contributed by atoms with E-state index in [-0.39, 0.29) is 21.5 Å². The SMILES string of the molecule is Nc1nnc(C(=O)Nc2ccc(=O)[nH]n2)s1. The first-order valence-electron chi connectivity index (χ1n) is 4.11. The van der Waals surface area contributed by atoms with Crippen LogP contribution in [0.25, 0.3) is 0 Å². The molecule has 2 heterocycles. The maximum absolute atomic E-state index is 11.5. The number of nitrogen functional groups attached to an aromatic ring is 1. The van der Waals surface area contributed by atoms with Crippen LogP contribution in [0.3, 0.4) is 0 Å². The van der Waals surface area contributed by atoms with Crippen molar-refractivity contribution in [1.29, 1.82) is 0 Å². The fraction of sp³-hybridized carbons (Fsp3) is 0. The van der Waals surface area contributed by atoms with Gasteiger partial charge in [0, 0.05) is 6.07 Å². The van der Waals surface area contributed by atoms with Gasteiger partial charge in [0.15, 0.2) is 5.82 Å². The minimum Gasteiger partial charge on any atom is -0.374 e. The van der Waals surface area contributed by atoms with Gasteiger partial charge in [0.25, 0.3) is 11.5 Å². The Morgan fingerprint density at radius 2 is 2.25 bits per heavy atom. The first-order valence-corrected chi connectivity index (χ1v) is 4.93. The van der Waals surface area contributed by atoms with Gasteiger partial charge in [0.1, 0.15) is 0 Å². The molecule has 8 nitrogen and oxygen atoms in total. The molecule has 16 heavy (non-hydrogen) atoms. The molecular weight excluding hydrogens is 232 g/mol. The van der Waals surface area contributed by atoms with E-state index in [0.717, 1.165) is 11.3 Å². The Kier molecular flexibility index (Phi) is 2.60. The summed E-state index contributed by atoms with van der Waals surface area (Å²) in [6.45, 7) is 0. The number of hydrogen-bond donors (Lipinski definition) is 3. The first kappa shape index (κ1) is 10.2.